The van der Waals surface area contributed by atoms with Crippen LogP contribution in [0.5, 0.6) is 0 Å². The number of amides is 1. The first-order valence-electron chi connectivity index (χ1n) is 14.2. The first kappa shape index (κ1) is 26.3. The molecule has 40 heavy (non-hydrogen) atoms. The first-order valence-corrected chi connectivity index (χ1v) is 14.2. The highest BCUT2D eigenvalue weighted by Crippen LogP contribution is 2.35. The lowest BCUT2D eigenvalue weighted by Gasteiger charge is -2.33. The Labute approximate surface area is 234 Å². The predicted molar refractivity (Wildman–Crippen MR) is 153 cm³/mol. The van der Waals surface area contributed by atoms with Crippen LogP contribution in [0, 0.1) is 17.2 Å². The molecule has 0 aliphatic carbocycles. The van der Waals surface area contributed by atoms with Gasteiger partial charge in [0.1, 0.15) is 22.8 Å². The van der Waals surface area contributed by atoms with E-state index in [9.17, 15) is 10.1 Å². The highest BCUT2D eigenvalue weighted by molar-refractivity contribution is 5.96. The van der Waals surface area contributed by atoms with E-state index in [0.717, 1.165) is 84.3 Å². The van der Waals surface area contributed by atoms with Crippen molar-refractivity contribution in [3.05, 3.63) is 48.0 Å². The Kier molecular flexibility index (Phi) is 6.97. The van der Waals surface area contributed by atoms with Crippen LogP contribution in [0.2, 0.25) is 0 Å². The predicted octanol–water partition coefficient (Wildman–Crippen LogP) is 5.99. The van der Waals surface area contributed by atoms with E-state index in [1.54, 1.807) is 4.90 Å². The summed E-state index contributed by atoms with van der Waals surface area (Å²) in [6.07, 6.45) is 9.19. The minimum atomic E-state index is -0.492. The normalized spacial score (nSPS) is 17.4. The highest BCUT2D eigenvalue weighted by Gasteiger charge is 2.28. The van der Waals surface area contributed by atoms with Crippen molar-refractivity contribution in [3.8, 4) is 17.2 Å². The second kappa shape index (κ2) is 10.6. The molecule has 0 saturated carbocycles. The summed E-state index contributed by atoms with van der Waals surface area (Å²) in [5.74, 6) is 0.845. The zero-order valence-electron chi connectivity index (χ0n) is 23.4. The molecule has 0 bridgehead atoms. The molecule has 4 aromatic heterocycles. The number of pyridine rings is 2. The van der Waals surface area contributed by atoms with Crippen LogP contribution in [-0.2, 0) is 16.0 Å². The van der Waals surface area contributed by atoms with Gasteiger partial charge < -0.3 is 23.9 Å². The summed E-state index contributed by atoms with van der Waals surface area (Å²) in [4.78, 5) is 27.2. The molecule has 0 spiro atoms. The van der Waals surface area contributed by atoms with Crippen LogP contribution >= 0.6 is 0 Å². The lowest BCUT2D eigenvalue weighted by Crippen LogP contribution is -2.41. The summed E-state index contributed by atoms with van der Waals surface area (Å²) in [6.45, 7) is 9.47. The Morgan fingerprint density at radius 3 is 2.67 bits per heavy atom. The van der Waals surface area contributed by atoms with Crippen LogP contribution in [0.4, 0.5) is 4.79 Å². The van der Waals surface area contributed by atoms with E-state index < -0.39 is 5.60 Å². The van der Waals surface area contributed by atoms with Gasteiger partial charge in [-0.3, -0.25) is 4.98 Å². The maximum Gasteiger partial charge on any atom is 0.410 e. The van der Waals surface area contributed by atoms with Crippen molar-refractivity contribution in [1.29, 1.82) is 5.26 Å². The van der Waals surface area contributed by atoms with Crippen molar-refractivity contribution in [2.45, 2.75) is 64.5 Å². The molecule has 2 fully saturated rings. The topological polar surface area (TPSA) is 109 Å². The second-order valence-corrected chi connectivity index (χ2v) is 12.0. The minimum absolute atomic E-state index is 0.240. The fraction of sp³-hybridized carbons (Fsp3) is 0.484. The molecular weight excluding hydrogens is 504 g/mol. The van der Waals surface area contributed by atoms with Gasteiger partial charge in [0.2, 0.25) is 0 Å². The molecule has 0 aromatic carbocycles. The zero-order valence-corrected chi connectivity index (χ0v) is 23.4. The van der Waals surface area contributed by atoms with Crippen LogP contribution in [-0.4, -0.2) is 62.4 Å². The molecule has 6 heterocycles. The summed E-state index contributed by atoms with van der Waals surface area (Å²) < 4.78 is 13.3. The van der Waals surface area contributed by atoms with Gasteiger partial charge in [0.05, 0.1) is 11.1 Å². The van der Waals surface area contributed by atoms with Gasteiger partial charge in [-0.15, -0.1) is 0 Å². The molecule has 9 nitrogen and oxygen atoms in total. The minimum Gasteiger partial charge on any atom is -0.444 e. The van der Waals surface area contributed by atoms with Gasteiger partial charge in [0.25, 0.3) is 0 Å². The molecular formula is C31H36N6O3. The lowest BCUT2D eigenvalue weighted by atomic mass is 9.93. The fourth-order valence-electron chi connectivity index (χ4n) is 5.97. The number of fused-ring (bicyclic) bond motifs is 2. The molecule has 9 heteroatoms. The molecule has 0 radical (unpaired) electrons. The van der Waals surface area contributed by atoms with E-state index in [1.165, 1.54) is 0 Å². The SMILES string of the molecule is CC(C)(C)OC(=O)N1CCC(c2cc3c(-c4cnc5c(C#N)cn(CC6CCOCC6)c5c4)ccnc3[nH]2)CC1. The Bertz CT molecular complexity index is 1580. The Morgan fingerprint density at radius 1 is 1.18 bits per heavy atom. The number of nitrogens with zero attached hydrogens (tertiary/aromatic N) is 5. The fourth-order valence-corrected chi connectivity index (χ4v) is 5.97. The lowest BCUT2D eigenvalue weighted by molar-refractivity contribution is 0.0204. The standard InChI is InChI=1S/C31H36N6O3/c1-31(2,3)40-30(38)36-10-5-21(6-11-36)26-15-25-24(4-9-33-29(25)35-26)22-14-27-28(34-17-22)23(16-32)19-37(27)18-20-7-12-39-13-8-20/h4,9,14-15,17,19-21H,5-8,10-13,18H2,1-3H3,(H,33,35). The number of ether oxygens (including phenoxy) is 2. The first-order chi connectivity index (χ1) is 19.3. The van der Waals surface area contributed by atoms with E-state index >= 15 is 0 Å². The van der Waals surface area contributed by atoms with Gasteiger partial charge in [-0.05, 0) is 76.1 Å². The third-order valence-corrected chi connectivity index (χ3v) is 8.08. The number of nitrogens with one attached hydrogen (secondary N) is 1. The van der Waals surface area contributed by atoms with Crippen LogP contribution in [0.15, 0.2) is 36.8 Å². The Hall–Kier alpha value is -3.90. The van der Waals surface area contributed by atoms with E-state index in [-0.39, 0.29) is 6.09 Å². The maximum atomic E-state index is 12.5. The average molecular weight is 541 g/mol. The highest BCUT2D eigenvalue weighted by atomic mass is 16.6. The van der Waals surface area contributed by atoms with Crippen molar-refractivity contribution >= 4 is 28.2 Å². The molecule has 6 rings (SSSR count). The number of carbonyl (C=O) groups is 1. The summed E-state index contributed by atoms with van der Waals surface area (Å²) in [5, 5.41) is 10.8. The van der Waals surface area contributed by atoms with Crippen molar-refractivity contribution < 1.29 is 14.3 Å². The van der Waals surface area contributed by atoms with Gasteiger partial charge in [-0.1, -0.05) is 0 Å². The Morgan fingerprint density at radius 2 is 1.95 bits per heavy atom. The summed E-state index contributed by atoms with van der Waals surface area (Å²) in [6, 6.07) is 8.72. The quantitative estimate of drug-likeness (QED) is 0.340. The van der Waals surface area contributed by atoms with E-state index in [1.807, 2.05) is 45.4 Å². The van der Waals surface area contributed by atoms with Gasteiger partial charge >= 0.3 is 6.09 Å². The number of hydrogen-bond donors (Lipinski definition) is 1. The zero-order chi connectivity index (χ0) is 27.9. The number of nitriles is 1. The number of carbonyl (C=O) groups excluding carboxylic acids is 1. The summed E-state index contributed by atoms with van der Waals surface area (Å²) in [5.41, 5.74) is 5.89. The third kappa shape index (κ3) is 5.28. The van der Waals surface area contributed by atoms with Crippen LogP contribution in [0.25, 0.3) is 33.2 Å². The molecule has 2 saturated heterocycles. The number of rotatable bonds is 4. The van der Waals surface area contributed by atoms with Crippen LogP contribution in [0.3, 0.4) is 0 Å². The summed E-state index contributed by atoms with van der Waals surface area (Å²) >= 11 is 0. The van der Waals surface area contributed by atoms with Crippen molar-refractivity contribution in [3.63, 3.8) is 0 Å². The number of piperidine rings is 1. The number of aromatic amines is 1. The van der Waals surface area contributed by atoms with Gasteiger partial charge in [0.15, 0.2) is 0 Å². The number of aromatic nitrogens is 4. The van der Waals surface area contributed by atoms with Crippen molar-refractivity contribution in [2.75, 3.05) is 26.3 Å². The second-order valence-electron chi connectivity index (χ2n) is 12.0. The maximum absolute atomic E-state index is 12.5. The van der Waals surface area contributed by atoms with E-state index in [0.29, 0.717) is 30.5 Å². The number of hydrogen-bond acceptors (Lipinski definition) is 6. The molecule has 208 valence electrons. The van der Waals surface area contributed by atoms with Crippen molar-refractivity contribution in [2.24, 2.45) is 5.92 Å². The third-order valence-electron chi connectivity index (χ3n) is 8.08. The molecule has 1 N–H and O–H groups in total. The van der Waals surface area contributed by atoms with E-state index in [2.05, 4.69) is 32.7 Å². The largest absolute Gasteiger partial charge is 0.444 e. The molecule has 0 atom stereocenters. The number of likely N-dealkylation sites (tertiary alicyclic amines) is 1. The monoisotopic (exact) mass is 540 g/mol. The van der Waals surface area contributed by atoms with Crippen LogP contribution in [0.1, 0.15) is 63.6 Å². The number of H-pyrrole nitrogens is 1. The summed E-state index contributed by atoms with van der Waals surface area (Å²) in [7, 11) is 0. The molecule has 2 aliphatic heterocycles. The van der Waals surface area contributed by atoms with Gasteiger partial charge in [-0.25, -0.2) is 9.78 Å². The molecule has 2 aliphatic rings. The average Bonchev–Trinajstić information content (AvgIpc) is 3.54. The molecule has 0 unspecified atom stereocenters. The smallest absolute Gasteiger partial charge is 0.410 e. The molecule has 1 amide bonds. The van der Waals surface area contributed by atoms with Crippen molar-refractivity contribution in [1.82, 2.24) is 24.4 Å². The Balaban J connectivity index is 1.27. The molecule has 4 aromatic rings. The van der Waals surface area contributed by atoms with E-state index in [4.69, 9.17) is 14.5 Å². The van der Waals surface area contributed by atoms with Crippen LogP contribution < -0.4 is 0 Å². The van der Waals surface area contributed by atoms with Gasteiger partial charge in [-0.2, -0.15) is 5.26 Å². The van der Waals surface area contributed by atoms with Gasteiger partial charge in [0, 0.05) is 74.0 Å².